The first kappa shape index (κ1) is 10.7. The number of carboxylic acid groups (broad SMARTS) is 1. The topological polar surface area (TPSA) is 50.2 Å². The van der Waals surface area contributed by atoms with Gasteiger partial charge in [-0.15, -0.1) is 0 Å². The Balaban J connectivity index is 2.70. The molecule has 0 aliphatic rings. The van der Waals surface area contributed by atoms with Crippen molar-refractivity contribution in [2.24, 2.45) is 11.8 Å². The van der Waals surface area contributed by atoms with E-state index >= 15 is 0 Å². The minimum Gasteiger partial charge on any atom is -0.481 e. The highest BCUT2D eigenvalue weighted by Crippen LogP contribution is 2.16. The van der Waals surface area contributed by atoms with Crippen LogP contribution in [-0.4, -0.2) is 16.1 Å². The summed E-state index contributed by atoms with van der Waals surface area (Å²) < 4.78 is 0. The molecule has 1 aromatic rings. The molecule has 1 N–H and O–H groups in total. The van der Waals surface area contributed by atoms with Crippen molar-refractivity contribution in [3.8, 4) is 0 Å². The number of nitrogens with zero attached hydrogens (tertiary/aromatic N) is 1. The normalized spacial score (nSPS) is 12.8. The summed E-state index contributed by atoms with van der Waals surface area (Å²) in [6, 6.07) is 3.72. The van der Waals surface area contributed by atoms with Gasteiger partial charge in [0.2, 0.25) is 0 Å². The molecule has 76 valence electrons. The zero-order valence-corrected chi connectivity index (χ0v) is 8.47. The second-order valence-electron chi connectivity index (χ2n) is 3.75. The maximum absolute atomic E-state index is 10.9. The molecular weight excluding hydrogens is 178 g/mol. The van der Waals surface area contributed by atoms with Crippen molar-refractivity contribution in [2.75, 3.05) is 0 Å². The molecule has 3 nitrogen and oxygen atoms in total. The Labute approximate surface area is 83.8 Å². The Morgan fingerprint density at radius 2 is 2.00 bits per heavy atom. The minimum atomic E-state index is -0.725. The van der Waals surface area contributed by atoms with E-state index in [0.29, 0.717) is 6.42 Å². The third-order valence-corrected chi connectivity index (χ3v) is 2.33. The average molecular weight is 193 g/mol. The fourth-order valence-corrected chi connectivity index (χ4v) is 1.38. The Kier molecular flexibility index (Phi) is 3.63. The molecule has 0 spiro atoms. The van der Waals surface area contributed by atoms with E-state index in [2.05, 4.69) is 4.98 Å². The van der Waals surface area contributed by atoms with Crippen molar-refractivity contribution >= 4 is 5.97 Å². The van der Waals surface area contributed by atoms with E-state index in [1.54, 1.807) is 12.4 Å². The van der Waals surface area contributed by atoms with Crippen molar-refractivity contribution < 1.29 is 9.90 Å². The Morgan fingerprint density at radius 3 is 2.43 bits per heavy atom. The number of carbonyl (C=O) groups is 1. The molecule has 0 amide bonds. The fraction of sp³-hybridized carbons (Fsp3) is 0.455. The Hall–Kier alpha value is -1.38. The monoisotopic (exact) mass is 193 g/mol. The van der Waals surface area contributed by atoms with Crippen LogP contribution in [0.5, 0.6) is 0 Å². The van der Waals surface area contributed by atoms with E-state index in [0.717, 1.165) is 5.56 Å². The first-order chi connectivity index (χ1) is 6.61. The van der Waals surface area contributed by atoms with Gasteiger partial charge in [0.15, 0.2) is 0 Å². The Bertz CT molecular complexity index is 295. The third-order valence-electron chi connectivity index (χ3n) is 2.33. The molecule has 14 heavy (non-hydrogen) atoms. The van der Waals surface area contributed by atoms with E-state index in [9.17, 15) is 4.79 Å². The zero-order chi connectivity index (χ0) is 10.6. The molecule has 0 saturated heterocycles. The number of aliphatic carboxylic acids is 1. The second-order valence-corrected chi connectivity index (χ2v) is 3.75. The van der Waals surface area contributed by atoms with Crippen LogP contribution in [0.25, 0.3) is 0 Å². The summed E-state index contributed by atoms with van der Waals surface area (Å²) in [4.78, 5) is 14.8. The van der Waals surface area contributed by atoms with Crippen molar-refractivity contribution in [1.29, 1.82) is 0 Å². The molecule has 0 aliphatic carbocycles. The van der Waals surface area contributed by atoms with Gasteiger partial charge >= 0.3 is 5.97 Å². The fourth-order valence-electron chi connectivity index (χ4n) is 1.38. The average Bonchev–Trinajstić information content (AvgIpc) is 2.15. The summed E-state index contributed by atoms with van der Waals surface area (Å²) in [5, 5.41) is 8.99. The van der Waals surface area contributed by atoms with Crippen molar-refractivity contribution in [3.05, 3.63) is 30.1 Å². The number of pyridine rings is 1. The maximum atomic E-state index is 10.9. The SMILES string of the molecule is CC(C)[C@H](Cc1ccncc1)C(=O)O. The van der Waals surface area contributed by atoms with Gasteiger partial charge in [0.1, 0.15) is 0 Å². The molecule has 3 heteroatoms. The highest BCUT2D eigenvalue weighted by Gasteiger charge is 2.21. The first-order valence-electron chi connectivity index (χ1n) is 4.73. The molecule has 0 radical (unpaired) electrons. The quantitative estimate of drug-likeness (QED) is 0.795. The second kappa shape index (κ2) is 4.74. The zero-order valence-electron chi connectivity index (χ0n) is 8.47. The highest BCUT2D eigenvalue weighted by molar-refractivity contribution is 5.70. The molecule has 1 heterocycles. The summed E-state index contributed by atoms with van der Waals surface area (Å²) in [6.07, 6.45) is 3.96. The molecular formula is C11H15NO2. The molecule has 0 unspecified atom stereocenters. The van der Waals surface area contributed by atoms with Crippen LogP contribution in [0.4, 0.5) is 0 Å². The number of rotatable bonds is 4. The lowest BCUT2D eigenvalue weighted by Crippen LogP contribution is -2.22. The van der Waals surface area contributed by atoms with Crippen LogP contribution >= 0.6 is 0 Å². The molecule has 0 saturated carbocycles. The van der Waals surface area contributed by atoms with E-state index in [4.69, 9.17) is 5.11 Å². The van der Waals surface area contributed by atoms with Gasteiger partial charge in [0.25, 0.3) is 0 Å². The van der Waals surface area contributed by atoms with Gasteiger partial charge in [-0.1, -0.05) is 13.8 Å². The lowest BCUT2D eigenvalue weighted by atomic mass is 9.90. The molecule has 1 aromatic heterocycles. The van der Waals surface area contributed by atoms with Crippen molar-refractivity contribution in [3.63, 3.8) is 0 Å². The first-order valence-corrected chi connectivity index (χ1v) is 4.73. The summed E-state index contributed by atoms with van der Waals surface area (Å²) in [5.41, 5.74) is 1.03. The predicted octanol–water partition coefficient (Wildman–Crippen LogP) is 1.98. The van der Waals surface area contributed by atoms with Gasteiger partial charge in [-0.25, -0.2) is 0 Å². The van der Waals surface area contributed by atoms with Crippen LogP contribution in [0.2, 0.25) is 0 Å². The van der Waals surface area contributed by atoms with Crippen LogP contribution in [0.15, 0.2) is 24.5 Å². The molecule has 0 fully saturated rings. The standard InChI is InChI=1S/C11H15NO2/c1-8(2)10(11(13)14)7-9-3-5-12-6-4-9/h3-6,8,10H,7H2,1-2H3,(H,13,14)/t10-/m0/s1. The van der Waals surface area contributed by atoms with E-state index in [1.807, 2.05) is 26.0 Å². The summed E-state index contributed by atoms with van der Waals surface area (Å²) in [6.45, 7) is 3.86. The summed E-state index contributed by atoms with van der Waals surface area (Å²) in [5.74, 6) is -0.880. The molecule has 0 bridgehead atoms. The molecule has 0 aromatic carbocycles. The highest BCUT2D eigenvalue weighted by atomic mass is 16.4. The van der Waals surface area contributed by atoms with Crippen LogP contribution in [0.1, 0.15) is 19.4 Å². The smallest absolute Gasteiger partial charge is 0.307 e. The molecule has 1 rings (SSSR count). The van der Waals surface area contributed by atoms with Gasteiger partial charge in [-0.3, -0.25) is 9.78 Å². The Morgan fingerprint density at radius 1 is 1.43 bits per heavy atom. The van der Waals surface area contributed by atoms with Crippen LogP contribution < -0.4 is 0 Å². The van der Waals surface area contributed by atoms with E-state index < -0.39 is 5.97 Å². The van der Waals surface area contributed by atoms with Gasteiger partial charge in [-0.05, 0) is 30.0 Å². The minimum absolute atomic E-state index is 0.153. The molecule has 0 aliphatic heterocycles. The lowest BCUT2D eigenvalue weighted by Gasteiger charge is -2.15. The number of aromatic nitrogens is 1. The van der Waals surface area contributed by atoms with E-state index in [-0.39, 0.29) is 11.8 Å². The summed E-state index contributed by atoms with van der Waals surface area (Å²) in [7, 11) is 0. The van der Waals surface area contributed by atoms with E-state index in [1.165, 1.54) is 0 Å². The maximum Gasteiger partial charge on any atom is 0.307 e. The van der Waals surface area contributed by atoms with Gasteiger partial charge < -0.3 is 5.11 Å². The van der Waals surface area contributed by atoms with Gasteiger partial charge in [0, 0.05) is 12.4 Å². The number of hydrogen-bond acceptors (Lipinski definition) is 2. The van der Waals surface area contributed by atoms with Crippen molar-refractivity contribution in [1.82, 2.24) is 4.98 Å². The molecule has 1 atom stereocenters. The number of hydrogen-bond donors (Lipinski definition) is 1. The summed E-state index contributed by atoms with van der Waals surface area (Å²) >= 11 is 0. The van der Waals surface area contributed by atoms with Gasteiger partial charge in [-0.2, -0.15) is 0 Å². The lowest BCUT2D eigenvalue weighted by molar-refractivity contribution is -0.143. The van der Waals surface area contributed by atoms with Gasteiger partial charge in [0.05, 0.1) is 5.92 Å². The predicted molar refractivity (Wildman–Crippen MR) is 53.9 cm³/mol. The van der Waals surface area contributed by atoms with Crippen LogP contribution in [0, 0.1) is 11.8 Å². The van der Waals surface area contributed by atoms with Crippen LogP contribution in [0.3, 0.4) is 0 Å². The largest absolute Gasteiger partial charge is 0.481 e. The third kappa shape index (κ3) is 2.83. The number of carboxylic acids is 1. The van der Waals surface area contributed by atoms with Crippen LogP contribution in [-0.2, 0) is 11.2 Å². The van der Waals surface area contributed by atoms with Crippen molar-refractivity contribution in [2.45, 2.75) is 20.3 Å².